The standard InChI is InChI=1S/C17H26ClN/c1-2-14-4-3-5-17(11-8-14)19-13-12-15-6-9-16(18)10-7-15/h6-7,9-10,14,17,19H,2-5,8,11-13H2,1H3. The van der Waals surface area contributed by atoms with Crippen LogP contribution >= 0.6 is 11.6 Å². The molecule has 1 aromatic carbocycles. The van der Waals surface area contributed by atoms with Gasteiger partial charge in [0, 0.05) is 11.1 Å². The number of nitrogens with one attached hydrogen (secondary N) is 1. The second-order valence-corrected chi connectivity index (χ2v) is 6.25. The molecule has 0 aliphatic heterocycles. The first-order chi connectivity index (χ1) is 9.28. The van der Waals surface area contributed by atoms with E-state index < -0.39 is 0 Å². The van der Waals surface area contributed by atoms with Crippen molar-refractivity contribution in [3.05, 3.63) is 34.9 Å². The molecule has 1 saturated carbocycles. The van der Waals surface area contributed by atoms with Gasteiger partial charge in [0.05, 0.1) is 0 Å². The first-order valence-electron chi connectivity index (χ1n) is 7.75. The maximum atomic E-state index is 5.90. The average Bonchev–Trinajstić information content (AvgIpc) is 2.66. The zero-order valence-electron chi connectivity index (χ0n) is 12.0. The van der Waals surface area contributed by atoms with Crippen LogP contribution < -0.4 is 5.32 Å². The van der Waals surface area contributed by atoms with Crippen LogP contribution in [0, 0.1) is 5.92 Å². The van der Waals surface area contributed by atoms with E-state index in [9.17, 15) is 0 Å². The summed E-state index contributed by atoms with van der Waals surface area (Å²) >= 11 is 5.90. The molecule has 2 heteroatoms. The number of hydrogen-bond acceptors (Lipinski definition) is 1. The molecule has 0 bridgehead atoms. The van der Waals surface area contributed by atoms with Crippen molar-refractivity contribution >= 4 is 11.6 Å². The Balaban J connectivity index is 1.69. The Hall–Kier alpha value is -0.530. The molecular formula is C17H26ClN. The van der Waals surface area contributed by atoms with Crippen molar-refractivity contribution in [1.29, 1.82) is 0 Å². The summed E-state index contributed by atoms with van der Waals surface area (Å²) in [7, 11) is 0. The van der Waals surface area contributed by atoms with Crippen LogP contribution in [0.1, 0.15) is 51.0 Å². The number of hydrogen-bond donors (Lipinski definition) is 1. The highest BCUT2D eigenvalue weighted by atomic mass is 35.5. The predicted octanol–water partition coefficient (Wildman–Crippen LogP) is 4.83. The molecule has 106 valence electrons. The third-order valence-electron chi connectivity index (χ3n) is 4.43. The van der Waals surface area contributed by atoms with Gasteiger partial charge in [-0.2, -0.15) is 0 Å². The largest absolute Gasteiger partial charge is 0.314 e. The molecule has 2 atom stereocenters. The van der Waals surface area contributed by atoms with Crippen molar-refractivity contribution < 1.29 is 0 Å². The molecule has 1 aliphatic carbocycles. The fourth-order valence-electron chi connectivity index (χ4n) is 3.06. The first kappa shape index (κ1) is 14.9. The maximum absolute atomic E-state index is 5.90. The highest BCUT2D eigenvalue weighted by Gasteiger charge is 2.16. The molecule has 2 rings (SSSR count). The maximum Gasteiger partial charge on any atom is 0.0406 e. The van der Waals surface area contributed by atoms with E-state index in [1.54, 1.807) is 0 Å². The normalized spacial score (nSPS) is 24.1. The second-order valence-electron chi connectivity index (χ2n) is 5.81. The minimum absolute atomic E-state index is 0.740. The summed E-state index contributed by atoms with van der Waals surface area (Å²) in [4.78, 5) is 0. The highest BCUT2D eigenvalue weighted by Crippen LogP contribution is 2.25. The van der Waals surface area contributed by atoms with Crippen LogP contribution in [0.15, 0.2) is 24.3 Å². The molecule has 0 radical (unpaired) electrons. The summed E-state index contributed by atoms with van der Waals surface area (Å²) in [5.41, 5.74) is 1.37. The lowest BCUT2D eigenvalue weighted by molar-refractivity contribution is 0.427. The Morgan fingerprint density at radius 1 is 1.11 bits per heavy atom. The Labute approximate surface area is 122 Å². The smallest absolute Gasteiger partial charge is 0.0406 e. The van der Waals surface area contributed by atoms with Crippen LogP contribution in [-0.4, -0.2) is 12.6 Å². The van der Waals surface area contributed by atoms with Crippen molar-refractivity contribution in [3.63, 3.8) is 0 Å². The topological polar surface area (TPSA) is 12.0 Å². The molecule has 0 heterocycles. The van der Waals surface area contributed by atoms with Gasteiger partial charge in [-0.25, -0.2) is 0 Å². The van der Waals surface area contributed by atoms with Crippen molar-refractivity contribution in [3.8, 4) is 0 Å². The van der Waals surface area contributed by atoms with Gasteiger partial charge in [-0.1, -0.05) is 49.9 Å². The van der Waals surface area contributed by atoms with Gasteiger partial charge in [0.25, 0.3) is 0 Å². The fraction of sp³-hybridized carbons (Fsp3) is 0.647. The third kappa shape index (κ3) is 5.16. The highest BCUT2D eigenvalue weighted by molar-refractivity contribution is 6.30. The minimum Gasteiger partial charge on any atom is -0.314 e. The third-order valence-corrected chi connectivity index (χ3v) is 4.68. The van der Waals surface area contributed by atoms with Gasteiger partial charge >= 0.3 is 0 Å². The number of halogens is 1. The number of rotatable bonds is 5. The van der Waals surface area contributed by atoms with Crippen LogP contribution in [0.3, 0.4) is 0 Å². The van der Waals surface area contributed by atoms with Crippen LogP contribution in [0.5, 0.6) is 0 Å². The molecule has 0 aromatic heterocycles. The van der Waals surface area contributed by atoms with E-state index in [0.29, 0.717) is 0 Å². The van der Waals surface area contributed by atoms with Crippen LogP contribution in [0.25, 0.3) is 0 Å². The zero-order chi connectivity index (χ0) is 13.5. The van der Waals surface area contributed by atoms with E-state index in [4.69, 9.17) is 11.6 Å². The van der Waals surface area contributed by atoms with Crippen molar-refractivity contribution in [2.45, 2.75) is 57.9 Å². The molecule has 19 heavy (non-hydrogen) atoms. The summed E-state index contributed by atoms with van der Waals surface area (Å²) in [5, 5.41) is 4.56. The minimum atomic E-state index is 0.740. The Kier molecular flexibility index (Phi) is 6.19. The van der Waals surface area contributed by atoms with Gasteiger partial charge in [0.1, 0.15) is 0 Å². The molecule has 1 nitrogen and oxygen atoms in total. The molecule has 2 unspecified atom stereocenters. The van der Waals surface area contributed by atoms with Crippen LogP contribution in [0.2, 0.25) is 5.02 Å². The Morgan fingerprint density at radius 3 is 2.63 bits per heavy atom. The summed E-state index contributed by atoms with van der Waals surface area (Å²) in [6.45, 7) is 3.42. The van der Waals surface area contributed by atoms with E-state index in [1.807, 2.05) is 12.1 Å². The summed E-state index contributed by atoms with van der Waals surface area (Å²) in [6.07, 6.45) is 9.43. The Bertz CT molecular complexity index is 360. The summed E-state index contributed by atoms with van der Waals surface area (Å²) < 4.78 is 0. The fourth-order valence-corrected chi connectivity index (χ4v) is 3.19. The average molecular weight is 280 g/mol. The van der Waals surface area contributed by atoms with Crippen molar-refractivity contribution in [2.24, 2.45) is 5.92 Å². The molecule has 0 amide bonds. The van der Waals surface area contributed by atoms with Gasteiger partial charge in [0.15, 0.2) is 0 Å². The molecule has 1 aromatic rings. The van der Waals surface area contributed by atoms with Gasteiger partial charge in [-0.05, 0) is 55.8 Å². The summed E-state index contributed by atoms with van der Waals surface area (Å²) in [5.74, 6) is 0.975. The van der Waals surface area contributed by atoms with Crippen molar-refractivity contribution in [1.82, 2.24) is 5.32 Å². The zero-order valence-corrected chi connectivity index (χ0v) is 12.8. The van der Waals surface area contributed by atoms with E-state index >= 15 is 0 Å². The predicted molar refractivity (Wildman–Crippen MR) is 83.8 cm³/mol. The van der Waals surface area contributed by atoms with Gasteiger partial charge in [-0.3, -0.25) is 0 Å². The van der Waals surface area contributed by atoms with E-state index in [1.165, 1.54) is 44.1 Å². The Morgan fingerprint density at radius 2 is 1.89 bits per heavy atom. The monoisotopic (exact) mass is 279 g/mol. The van der Waals surface area contributed by atoms with Crippen LogP contribution in [-0.2, 0) is 6.42 Å². The molecule has 1 fully saturated rings. The lowest BCUT2D eigenvalue weighted by Crippen LogP contribution is -2.30. The first-order valence-corrected chi connectivity index (χ1v) is 8.13. The van der Waals surface area contributed by atoms with Crippen molar-refractivity contribution in [2.75, 3.05) is 6.54 Å². The van der Waals surface area contributed by atoms with Gasteiger partial charge < -0.3 is 5.32 Å². The molecule has 0 saturated heterocycles. The molecule has 1 N–H and O–H groups in total. The molecule has 1 aliphatic rings. The van der Waals surface area contributed by atoms with E-state index in [2.05, 4.69) is 24.4 Å². The lowest BCUT2D eigenvalue weighted by atomic mass is 9.98. The SMILES string of the molecule is CCC1CCCC(NCCc2ccc(Cl)cc2)CC1. The van der Waals surface area contributed by atoms with E-state index in [-0.39, 0.29) is 0 Å². The van der Waals surface area contributed by atoms with Crippen LogP contribution in [0.4, 0.5) is 0 Å². The quantitative estimate of drug-likeness (QED) is 0.761. The summed E-state index contributed by atoms with van der Waals surface area (Å²) in [6, 6.07) is 8.96. The molecule has 0 spiro atoms. The lowest BCUT2D eigenvalue weighted by Gasteiger charge is -2.16. The van der Waals surface area contributed by atoms with Gasteiger partial charge in [-0.15, -0.1) is 0 Å². The van der Waals surface area contributed by atoms with E-state index in [0.717, 1.165) is 29.9 Å². The number of benzene rings is 1. The van der Waals surface area contributed by atoms with Gasteiger partial charge in [0.2, 0.25) is 0 Å². The molecular weight excluding hydrogens is 254 g/mol. The second kappa shape index (κ2) is 7.91.